The molecule has 0 bridgehead atoms. The Kier molecular flexibility index (Phi) is 3.65. The fourth-order valence-electron chi connectivity index (χ4n) is 2.96. The van der Waals surface area contributed by atoms with Gasteiger partial charge >= 0.3 is 0 Å². The molecule has 2 rings (SSSR count). The first-order valence-electron chi connectivity index (χ1n) is 6.49. The normalized spacial score (nSPS) is 18.9. The summed E-state index contributed by atoms with van der Waals surface area (Å²) in [5.74, 6) is 1.41. The molecule has 1 atom stereocenters. The van der Waals surface area contributed by atoms with Crippen molar-refractivity contribution < 1.29 is 0 Å². The number of aryl methyl sites for hydroxylation is 2. The second-order valence-corrected chi connectivity index (χ2v) is 5.23. The van der Waals surface area contributed by atoms with Crippen LogP contribution in [0.25, 0.3) is 0 Å². The number of rotatable bonds is 3. The minimum absolute atomic E-state index is 0.585. The Balaban J connectivity index is 2.22. The lowest BCUT2D eigenvalue weighted by atomic mass is 9.84. The van der Waals surface area contributed by atoms with Gasteiger partial charge in [-0.25, -0.2) is 0 Å². The molecule has 1 aliphatic carbocycles. The monoisotopic (exact) mass is 217 g/mol. The summed E-state index contributed by atoms with van der Waals surface area (Å²) in [5.41, 5.74) is 10.2. The molecule has 1 aromatic carbocycles. The summed E-state index contributed by atoms with van der Waals surface area (Å²) in [5, 5.41) is 0. The van der Waals surface area contributed by atoms with Crippen molar-refractivity contribution in [3.05, 3.63) is 34.9 Å². The molecule has 1 heteroatoms. The minimum Gasteiger partial charge on any atom is -0.330 e. The number of hydrogen-bond acceptors (Lipinski definition) is 1. The summed E-state index contributed by atoms with van der Waals surface area (Å²) in [6.07, 6.45) is 5.53. The molecular formula is C15H23N. The molecule has 1 aliphatic rings. The van der Waals surface area contributed by atoms with E-state index in [1.807, 2.05) is 0 Å². The van der Waals surface area contributed by atoms with Crippen LogP contribution < -0.4 is 5.73 Å². The molecule has 0 aliphatic heterocycles. The van der Waals surface area contributed by atoms with Gasteiger partial charge in [0.25, 0.3) is 0 Å². The maximum Gasteiger partial charge on any atom is -0.000556 e. The lowest BCUT2D eigenvalue weighted by molar-refractivity contribution is 0.440. The van der Waals surface area contributed by atoms with E-state index in [1.165, 1.54) is 42.4 Å². The minimum atomic E-state index is 0.585. The van der Waals surface area contributed by atoms with Gasteiger partial charge in [0.2, 0.25) is 0 Å². The van der Waals surface area contributed by atoms with Crippen molar-refractivity contribution in [3.63, 3.8) is 0 Å². The number of benzene rings is 1. The SMILES string of the molecule is Cc1ccc(C(CN)C2CCCC2)cc1C. The van der Waals surface area contributed by atoms with Gasteiger partial charge in [-0.2, -0.15) is 0 Å². The molecule has 1 fully saturated rings. The van der Waals surface area contributed by atoms with Gasteiger partial charge in [0, 0.05) is 0 Å². The van der Waals surface area contributed by atoms with Gasteiger partial charge in [0.15, 0.2) is 0 Å². The summed E-state index contributed by atoms with van der Waals surface area (Å²) in [4.78, 5) is 0. The van der Waals surface area contributed by atoms with E-state index in [-0.39, 0.29) is 0 Å². The van der Waals surface area contributed by atoms with Crippen molar-refractivity contribution in [2.24, 2.45) is 11.7 Å². The van der Waals surface area contributed by atoms with Crippen molar-refractivity contribution >= 4 is 0 Å². The van der Waals surface area contributed by atoms with Gasteiger partial charge in [-0.15, -0.1) is 0 Å². The van der Waals surface area contributed by atoms with Gasteiger partial charge in [-0.1, -0.05) is 31.0 Å². The van der Waals surface area contributed by atoms with E-state index < -0.39 is 0 Å². The summed E-state index contributed by atoms with van der Waals surface area (Å²) in [6, 6.07) is 6.85. The van der Waals surface area contributed by atoms with Crippen molar-refractivity contribution in [1.29, 1.82) is 0 Å². The van der Waals surface area contributed by atoms with Gasteiger partial charge in [0.1, 0.15) is 0 Å². The Bertz CT molecular complexity index is 350. The van der Waals surface area contributed by atoms with Crippen LogP contribution in [0.4, 0.5) is 0 Å². The quantitative estimate of drug-likeness (QED) is 0.823. The highest BCUT2D eigenvalue weighted by atomic mass is 14.6. The predicted octanol–water partition coefficient (Wildman–Crippen LogP) is 3.54. The first-order chi connectivity index (χ1) is 7.72. The van der Waals surface area contributed by atoms with E-state index in [2.05, 4.69) is 32.0 Å². The second-order valence-electron chi connectivity index (χ2n) is 5.23. The molecular weight excluding hydrogens is 194 g/mol. The fourth-order valence-corrected chi connectivity index (χ4v) is 2.96. The molecule has 0 aromatic heterocycles. The zero-order valence-corrected chi connectivity index (χ0v) is 10.5. The molecule has 0 amide bonds. The van der Waals surface area contributed by atoms with Crippen molar-refractivity contribution in [2.75, 3.05) is 6.54 Å². The lowest BCUT2D eigenvalue weighted by Gasteiger charge is -2.23. The van der Waals surface area contributed by atoms with Crippen LogP contribution in [-0.4, -0.2) is 6.54 Å². The highest BCUT2D eigenvalue weighted by Crippen LogP contribution is 2.37. The summed E-state index contributed by atoms with van der Waals surface area (Å²) in [6.45, 7) is 5.17. The molecule has 88 valence electrons. The Morgan fingerprint density at radius 1 is 1.19 bits per heavy atom. The van der Waals surface area contributed by atoms with Gasteiger partial charge in [-0.3, -0.25) is 0 Å². The first kappa shape index (κ1) is 11.7. The zero-order chi connectivity index (χ0) is 11.5. The molecule has 0 saturated heterocycles. The van der Waals surface area contributed by atoms with Crippen molar-refractivity contribution in [3.8, 4) is 0 Å². The zero-order valence-electron chi connectivity index (χ0n) is 10.5. The van der Waals surface area contributed by atoms with Crippen LogP contribution >= 0.6 is 0 Å². The smallest absolute Gasteiger partial charge is 0.000556 e. The molecule has 1 nitrogen and oxygen atoms in total. The van der Waals surface area contributed by atoms with Gasteiger partial charge in [-0.05, 0) is 61.8 Å². The van der Waals surface area contributed by atoms with Crippen molar-refractivity contribution in [1.82, 2.24) is 0 Å². The standard InChI is InChI=1S/C15H23N/c1-11-7-8-14(9-12(11)2)15(10-16)13-5-3-4-6-13/h7-9,13,15H,3-6,10,16H2,1-2H3. The molecule has 1 unspecified atom stereocenters. The van der Waals surface area contributed by atoms with Crippen LogP contribution in [-0.2, 0) is 0 Å². The lowest BCUT2D eigenvalue weighted by Crippen LogP contribution is -2.19. The Labute approximate surface area is 99.0 Å². The van der Waals surface area contributed by atoms with Crippen LogP contribution in [0.1, 0.15) is 48.3 Å². The highest BCUT2D eigenvalue weighted by Gasteiger charge is 2.25. The molecule has 0 radical (unpaired) electrons. The molecule has 16 heavy (non-hydrogen) atoms. The van der Waals surface area contributed by atoms with E-state index in [9.17, 15) is 0 Å². The summed E-state index contributed by atoms with van der Waals surface area (Å²) >= 11 is 0. The third-order valence-electron chi connectivity index (χ3n) is 4.18. The topological polar surface area (TPSA) is 26.0 Å². The molecule has 1 saturated carbocycles. The van der Waals surface area contributed by atoms with E-state index >= 15 is 0 Å². The van der Waals surface area contributed by atoms with E-state index in [1.54, 1.807) is 0 Å². The molecule has 0 spiro atoms. The summed E-state index contributed by atoms with van der Waals surface area (Å²) in [7, 11) is 0. The maximum absolute atomic E-state index is 5.97. The average molecular weight is 217 g/mol. The third-order valence-corrected chi connectivity index (χ3v) is 4.18. The Morgan fingerprint density at radius 3 is 2.44 bits per heavy atom. The largest absolute Gasteiger partial charge is 0.330 e. The average Bonchev–Trinajstić information content (AvgIpc) is 2.78. The van der Waals surface area contributed by atoms with E-state index in [0.717, 1.165) is 12.5 Å². The van der Waals surface area contributed by atoms with Crippen LogP contribution in [0.3, 0.4) is 0 Å². The van der Waals surface area contributed by atoms with E-state index in [0.29, 0.717) is 5.92 Å². The van der Waals surface area contributed by atoms with Crippen LogP contribution in [0.2, 0.25) is 0 Å². The fraction of sp³-hybridized carbons (Fsp3) is 0.600. The Morgan fingerprint density at radius 2 is 1.88 bits per heavy atom. The highest BCUT2D eigenvalue weighted by molar-refractivity contribution is 5.32. The molecule has 1 aromatic rings. The van der Waals surface area contributed by atoms with Crippen LogP contribution in [0, 0.1) is 19.8 Å². The van der Waals surface area contributed by atoms with Gasteiger partial charge < -0.3 is 5.73 Å². The first-order valence-corrected chi connectivity index (χ1v) is 6.49. The summed E-state index contributed by atoms with van der Waals surface area (Å²) < 4.78 is 0. The molecule has 0 heterocycles. The second kappa shape index (κ2) is 5.01. The molecule has 2 N–H and O–H groups in total. The number of nitrogens with two attached hydrogens (primary N) is 1. The maximum atomic E-state index is 5.97. The predicted molar refractivity (Wildman–Crippen MR) is 69.7 cm³/mol. The number of hydrogen-bond donors (Lipinski definition) is 1. The van der Waals surface area contributed by atoms with Crippen LogP contribution in [0.15, 0.2) is 18.2 Å². The third kappa shape index (κ3) is 2.30. The van der Waals surface area contributed by atoms with Crippen molar-refractivity contribution in [2.45, 2.75) is 45.4 Å². The van der Waals surface area contributed by atoms with Crippen LogP contribution in [0.5, 0.6) is 0 Å². The van der Waals surface area contributed by atoms with E-state index in [4.69, 9.17) is 5.73 Å². The Hall–Kier alpha value is -0.820. The van der Waals surface area contributed by atoms with Gasteiger partial charge in [0.05, 0.1) is 0 Å².